The Kier molecular flexibility index (Phi) is 4.78. The number of benzene rings is 1. The van der Waals surface area contributed by atoms with Gasteiger partial charge in [-0.2, -0.15) is 0 Å². The highest BCUT2D eigenvalue weighted by Crippen LogP contribution is 2.29. The molecule has 0 aromatic heterocycles. The van der Waals surface area contributed by atoms with Crippen LogP contribution in [0.1, 0.15) is 24.8 Å². The maximum atomic E-state index is 10.0. The Bertz CT molecular complexity index is 462. The summed E-state index contributed by atoms with van der Waals surface area (Å²) in [6.07, 6.45) is 3.49. The average molecular weight is 290 g/mol. The van der Waals surface area contributed by atoms with E-state index in [-0.39, 0.29) is 0 Å². The predicted molar refractivity (Wildman–Crippen MR) is 83.7 cm³/mol. The Hall–Kier alpha value is -1.10. The summed E-state index contributed by atoms with van der Waals surface area (Å²) in [6.45, 7) is 5.33. The first-order chi connectivity index (χ1) is 10.2. The van der Waals surface area contributed by atoms with Crippen molar-refractivity contribution in [3.8, 4) is 5.75 Å². The van der Waals surface area contributed by atoms with Crippen LogP contribution in [-0.2, 0) is 0 Å². The first-order valence-corrected chi connectivity index (χ1v) is 8.05. The lowest BCUT2D eigenvalue weighted by Gasteiger charge is -2.18. The molecular weight excluding hydrogens is 264 g/mol. The summed E-state index contributed by atoms with van der Waals surface area (Å²) in [6, 6.07) is 9.31. The Labute approximate surface area is 127 Å². The molecule has 2 aliphatic rings. The van der Waals surface area contributed by atoms with Crippen molar-refractivity contribution in [1.29, 1.82) is 0 Å². The molecule has 0 bridgehead atoms. The van der Waals surface area contributed by atoms with Gasteiger partial charge in [-0.1, -0.05) is 12.1 Å². The zero-order chi connectivity index (χ0) is 14.7. The minimum absolute atomic E-state index is 0.343. The molecule has 1 saturated carbocycles. The number of hydrogen-bond donors (Lipinski definition) is 2. The number of ether oxygens (including phenoxy) is 1. The van der Waals surface area contributed by atoms with Crippen molar-refractivity contribution in [1.82, 2.24) is 10.2 Å². The van der Waals surface area contributed by atoms with Crippen LogP contribution in [0.2, 0.25) is 0 Å². The third-order valence-corrected chi connectivity index (χ3v) is 4.36. The summed E-state index contributed by atoms with van der Waals surface area (Å²) in [5.41, 5.74) is 1.17. The van der Waals surface area contributed by atoms with Crippen LogP contribution in [0.4, 0.5) is 0 Å². The second-order valence-electron chi connectivity index (χ2n) is 6.40. The Balaban J connectivity index is 1.33. The summed E-state index contributed by atoms with van der Waals surface area (Å²) in [7, 11) is 0. The highest BCUT2D eigenvalue weighted by Gasteiger charge is 2.34. The van der Waals surface area contributed by atoms with Gasteiger partial charge < -0.3 is 15.2 Å². The summed E-state index contributed by atoms with van der Waals surface area (Å²) < 4.78 is 5.63. The molecule has 2 unspecified atom stereocenters. The lowest BCUT2D eigenvalue weighted by atomic mass is 10.2. The van der Waals surface area contributed by atoms with E-state index >= 15 is 0 Å². The normalized spacial score (nSPS) is 24.2. The second kappa shape index (κ2) is 6.77. The molecule has 2 atom stereocenters. The zero-order valence-electron chi connectivity index (χ0n) is 12.8. The van der Waals surface area contributed by atoms with E-state index in [1.807, 2.05) is 31.2 Å². The molecule has 4 heteroatoms. The molecule has 4 nitrogen and oxygen atoms in total. The molecule has 2 fully saturated rings. The highest BCUT2D eigenvalue weighted by molar-refractivity contribution is 5.27. The van der Waals surface area contributed by atoms with Crippen LogP contribution in [0.25, 0.3) is 0 Å². The van der Waals surface area contributed by atoms with E-state index in [1.165, 1.54) is 31.4 Å². The molecule has 3 rings (SSSR count). The number of aliphatic hydroxyl groups excluding tert-OH is 1. The zero-order valence-corrected chi connectivity index (χ0v) is 12.8. The predicted octanol–water partition coefficient (Wildman–Crippen LogP) is 1.56. The fourth-order valence-corrected chi connectivity index (χ4v) is 2.98. The van der Waals surface area contributed by atoms with Gasteiger partial charge in [0.15, 0.2) is 0 Å². The van der Waals surface area contributed by atoms with Gasteiger partial charge in [0.05, 0.1) is 0 Å². The van der Waals surface area contributed by atoms with Crippen LogP contribution in [0, 0.1) is 6.92 Å². The maximum Gasteiger partial charge on any atom is 0.119 e. The van der Waals surface area contributed by atoms with Crippen LogP contribution >= 0.6 is 0 Å². The number of nitrogens with zero attached hydrogens (tertiary/aromatic N) is 1. The minimum Gasteiger partial charge on any atom is -0.491 e. The number of aryl methyl sites for hydroxylation is 1. The van der Waals surface area contributed by atoms with Crippen LogP contribution in [0.5, 0.6) is 5.75 Å². The molecule has 0 amide bonds. The van der Waals surface area contributed by atoms with Gasteiger partial charge in [-0.25, -0.2) is 0 Å². The van der Waals surface area contributed by atoms with Crippen molar-refractivity contribution in [3.63, 3.8) is 0 Å². The minimum atomic E-state index is -0.458. The molecule has 2 N–H and O–H groups in total. The number of rotatable bonds is 7. The summed E-state index contributed by atoms with van der Waals surface area (Å²) >= 11 is 0. The van der Waals surface area contributed by atoms with Crippen LogP contribution < -0.4 is 10.1 Å². The first kappa shape index (κ1) is 14.8. The van der Waals surface area contributed by atoms with Gasteiger partial charge in [-0.05, 0) is 43.9 Å². The number of likely N-dealkylation sites (tertiary alicyclic amines) is 1. The van der Waals surface area contributed by atoms with Crippen molar-refractivity contribution in [2.24, 2.45) is 0 Å². The van der Waals surface area contributed by atoms with Crippen LogP contribution in [0.3, 0.4) is 0 Å². The fraction of sp³-hybridized carbons (Fsp3) is 0.647. The standard InChI is InChI=1S/C17H26N2O2/c1-13-3-2-4-17(9-13)21-12-16(20)10-18-14-7-8-19(11-14)15-5-6-15/h2-4,9,14-16,18,20H,5-8,10-12H2,1H3. The topological polar surface area (TPSA) is 44.7 Å². The molecular formula is C17H26N2O2. The van der Waals surface area contributed by atoms with Gasteiger partial charge in [0.25, 0.3) is 0 Å². The second-order valence-corrected chi connectivity index (χ2v) is 6.40. The van der Waals surface area contributed by atoms with E-state index in [0.717, 1.165) is 18.3 Å². The Morgan fingerprint density at radius 1 is 1.38 bits per heavy atom. The van der Waals surface area contributed by atoms with E-state index in [2.05, 4.69) is 10.2 Å². The van der Waals surface area contributed by atoms with E-state index in [0.29, 0.717) is 19.2 Å². The van der Waals surface area contributed by atoms with Crippen LogP contribution in [0.15, 0.2) is 24.3 Å². The summed E-state index contributed by atoms with van der Waals surface area (Å²) in [4.78, 5) is 2.58. The summed E-state index contributed by atoms with van der Waals surface area (Å²) in [5.74, 6) is 0.829. The van der Waals surface area contributed by atoms with Crippen molar-refractivity contribution in [3.05, 3.63) is 29.8 Å². The van der Waals surface area contributed by atoms with Gasteiger partial charge >= 0.3 is 0 Å². The SMILES string of the molecule is Cc1cccc(OCC(O)CNC2CCN(C3CC3)C2)c1. The van der Waals surface area contributed by atoms with E-state index in [9.17, 15) is 5.11 Å². The monoisotopic (exact) mass is 290 g/mol. The number of nitrogens with one attached hydrogen (secondary N) is 1. The molecule has 1 aliphatic carbocycles. The molecule has 1 heterocycles. The maximum absolute atomic E-state index is 10.0. The summed E-state index contributed by atoms with van der Waals surface area (Å²) in [5, 5.41) is 13.5. The van der Waals surface area contributed by atoms with E-state index in [4.69, 9.17) is 4.74 Å². The van der Waals surface area contributed by atoms with Crippen molar-refractivity contribution >= 4 is 0 Å². The quantitative estimate of drug-likeness (QED) is 0.800. The molecule has 1 aliphatic heterocycles. The lowest BCUT2D eigenvalue weighted by molar-refractivity contribution is 0.103. The fourth-order valence-electron chi connectivity index (χ4n) is 2.98. The molecule has 1 saturated heterocycles. The smallest absolute Gasteiger partial charge is 0.119 e. The lowest BCUT2D eigenvalue weighted by Crippen LogP contribution is -2.39. The third kappa shape index (κ3) is 4.43. The molecule has 0 spiro atoms. The van der Waals surface area contributed by atoms with Gasteiger partial charge in [0, 0.05) is 31.7 Å². The molecule has 0 radical (unpaired) electrons. The van der Waals surface area contributed by atoms with Gasteiger partial charge in [0.2, 0.25) is 0 Å². The number of aliphatic hydroxyl groups is 1. The van der Waals surface area contributed by atoms with Gasteiger partial charge in [-0.15, -0.1) is 0 Å². The Morgan fingerprint density at radius 2 is 2.24 bits per heavy atom. The van der Waals surface area contributed by atoms with Crippen molar-refractivity contribution in [2.45, 2.75) is 44.4 Å². The molecule has 1 aromatic carbocycles. The van der Waals surface area contributed by atoms with Crippen LogP contribution in [-0.4, -0.2) is 54.4 Å². The van der Waals surface area contributed by atoms with Crippen molar-refractivity contribution in [2.75, 3.05) is 26.2 Å². The van der Waals surface area contributed by atoms with Crippen molar-refractivity contribution < 1.29 is 9.84 Å². The highest BCUT2D eigenvalue weighted by atomic mass is 16.5. The Morgan fingerprint density at radius 3 is 3.00 bits per heavy atom. The van der Waals surface area contributed by atoms with E-state index < -0.39 is 6.10 Å². The van der Waals surface area contributed by atoms with Gasteiger partial charge in [0.1, 0.15) is 18.5 Å². The number of hydrogen-bond acceptors (Lipinski definition) is 4. The largest absolute Gasteiger partial charge is 0.491 e. The van der Waals surface area contributed by atoms with Gasteiger partial charge in [-0.3, -0.25) is 4.90 Å². The third-order valence-electron chi connectivity index (χ3n) is 4.36. The molecule has 116 valence electrons. The van der Waals surface area contributed by atoms with E-state index in [1.54, 1.807) is 0 Å². The first-order valence-electron chi connectivity index (χ1n) is 8.05. The average Bonchev–Trinajstić information content (AvgIpc) is 3.22. The molecule has 1 aromatic rings. The molecule has 21 heavy (non-hydrogen) atoms.